The number of oxazole rings is 1. The molecule has 0 N–H and O–H groups in total. The summed E-state index contributed by atoms with van der Waals surface area (Å²) in [6.07, 6.45) is 0. The molecule has 4 rings (SSSR count). The molecule has 4 heteroatoms. The van der Waals surface area contributed by atoms with Crippen molar-refractivity contribution in [2.75, 3.05) is 26.3 Å². The van der Waals surface area contributed by atoms with Crippen LogP contribution in [0, 0.1) is 0 Å². The first-order chi connectivity index (χ1) is 10.9. The second-order valence-corrected chi connectivity index (χ2v) is 5.58. The van der Waals surface area contributed by atoms with Crippen LogP contribution in [-0.4, -0.2) is 36.2 Å². The number of benzene rings is 2. The highest BCUT2D eigenvalue weighted by Crippen LogP contribution is 2.25. The molecule has 112 valence electrons. The molecule has 1 aliphatic heterocycles. The van der Waals surface area contributed by atoms with Gasteiger partial charge in [0.15, 0.2) is 5.58 Å². The summed E-state index contributed by atoms with van der Waals surface area (Å²) in [6.45, 7) is 4.57. The lowest BCUT2D eigenvalue weighted by Crippen LogP contribution is -2.35. The first-order valence-corrected chi connectivity index (χ1v) is 7.63. The molecule has 0 spiro atoms. The van der Waals surface area contributed by atoms with Gasteiger partial charge in [-0.3, -0.25) is 4.90 Å². The molecule has 3 aromatic rings. The van der Waals surface area contributed by atoms with Crippen molar-refractivity contribution in [2.24, 2.45) is 0 Å². The van der Waals surface area contributed by atoms with Gasteiger partial charge in [-0.1, -0.05) is 24.3 Å². The molecule has 0 amide bonds. The zero-order valence-corrected chi connectivity index (χ0v) is 12.4. The van der Waals surface area contributed by atoms with Gasteiger partial charge in [0.1, 0.15) is 5.52 Å². The van der Waals surface area contributed by atoms with E-state index in [9.17, 15) is 0 Å². The normalized spacial score (nSPS) is 16.2. The van der Waals surface area contributed by atoms with E-state index < -0.39 is 0 Å². The molecule has 2 aromatic carbocycles. The van der Waals surface area contributed by atoms with Crippen molar-refractivity contribution in [3.05, 3.63) is 54.1 Å². The third kappa shape index (κ3) is 2.75. The summed E-state index contributed by atoms with van der Waals surface area (Å²) in [5.41, 5.74) is 4.03. The van der Waals surface area contributed by atoms with Gasteiger partial charge in [0, 0.05) is 25.2 Å². The number of hydrogen-bond acceptors (Lipinski definition) is 4. The molecule has 4 nitrogen and oxygen atoms in total. The third-order valence-electron chi connectivity index (χ3n) is 3.98. The first-order valence-electron chi connectivity index (χ1n) is 7.63. The Bertz CT molecular complexity index is 761. The van der Waals surface area contributed by atoms with Crippen molar-refractivity contribution >= 4 is 11.1 Å². The summed E-state index contributed by atoms with van der Waals surface area (Å²) in [7, 11) is 0. The van der Waals surface area contributed by atoms with E-state index in [0.717, 1.165) is 49.5 Å². The number of aromatic nitrogens is 1. The maximum Gasteiger partial charge on any atom is 0.227 e. The zero-order chi connectivity index (χ0) is 14.8. The van der Waals surface area contributed by atoms with Gasteiger partial charge in [-0.15, -0.1) is 0 Å². The highest BCUT2D eigenvalue weighted by Gasteiger charge is 2.12. The molecular formula is C18H18N2O2. The number of morpholine rings is 1. The van der Waals surface area contributed by atoms with Gasteiger partial charge in [-0.2, -0.15) is 0 Å². The van der Waals surface area contributed by atoms with Gasteiger partial charge in [-0.05, 0) is 29.8 Å². The van der Waals surface area contributed by atoms with E-state index in [1.165, 1.54) is 5.56 Å². The van der Waals surface area contributed by atoms with Crippen molar-refractivity contribution in [1.82, 2.24) is 9.88 Å². The number of fused-ring (bicyclic) bond motifs is 1. The molecule has 1 saturated heterocycles. The maximum atomic E-state index is 5.85. The minimum Gasteiger partial charge on any atom is -0.436 e. The average Bonchev–Trinajstić information content (AvgIpc) is 3.00. The molecule has 0 bridgehead atoms. The maximum absolute atomic E-state index is 5.85. The number of hydrogen-bond donors (Lipinski definition) is 0. The van der Waals surface area contributed by atoms with Gasteiger partial charge in [0.2, 0.25) is 5.89 Å². The lowest BCUT2D eigenvalue weighted by molar-refractivity contribution is 0.0342. The van der Waals surface area contributed by atoms with Gasteiger partial charge >= 0.3 is 0 Å². The fraction of sp³-hybridized carbons (Fsp3) is 0.278. The predicted octanol–water partition coefficient (Wildman–Crippen LogP) is 3.33. The van der Waals surface area contributed by atoms with Crippen LogP contribution >= 0.6 is 0 Å². The third-order valence-corrected chi connectivity index (χ3v) is 3.98. The van der Waals surface area contributed by atoms with E-state index in [4.69, 9.17) is 9.15 Å². The number of nitrogens with zero attached hydrogens (tertiary/aromatic N) is 2. The molecule has 0 radical (unpaired) electrons. The molecule has 1 fully saturated rings. The monoisotopic (exact) mass is 294 g/mol. The summed E-state index contributed by atoms with van der Waals surface area (Å²) in [6, 6.07) is 16.3. The van der Waals surface area contributed by atoms with Crippen LogP contribution in [0.4, 0.5) is 0 Å². The van der Waals surface area contributed by atoms with E-state index in [2.05, 4.69) is 22.0 Å². The van der Waals surface area contributed by atoms with Crippen LogP contribution in [0.1, 0.15) is 5.56 Å². The Morgan fingerprint density at radius 1 is 1.00 bits per heavy atom. The standard InChI is InChI=1S/C18H18N2O2/c1-2-4-15(5-3-1)18-19-16-12-14(6-7-17(16)22-18)13-20-8-10-21-11-9-20/h1-7,12H,8-11,13H2. The zero-order valence-electron chi connectivity index (χ0n) is 12.4. The second kappa shape index (κ2) is 5.91. The first kappa shape index (κ1) is 13.5. The Labute approximate surface area is 129 Å². The van der Waals surface area contributed by atoms with Gasteiger partial charge < -0.3 is 9.15 Å². The predicted molar refractivity (Wildman–Crippen MR) is 85.5 cm³/mol. The van der Waals surface area contributed by atoms with Gasteiger partial charge in [0.05, 0.1) is 13.2 Å². The van der Waals surface area contributed by atoms with Crippen molar-refractivity contribution in [2.45, 2.75) is 6.54 Å². The summed E-state index contributed by atoms with van der Waals surface area (Å²) < 4.78 is 11.2. The Morgan fingerprint density at radius 3 is 2.64 bits per heavy atom. The Kier molecular flexibility index (Phi) is 3.62. The van der Waals surface area contributed by atoms with E-state index in [1.807, 2.05) is 36.4 Å². The van der Waals surface area contributed by atoms with Gasteiger partial charge in [-0.25, -0.2) is 4.98 Å². The SMILES string of the molecule is c1ccc(-c2nc3cc(CN4CCOCC4)ccc3o2)cc1. The van der Waals surface area contributed by atoms with Crippen LogP contribution in [0.3, 0.4) is 0 Å². The Morgan fingerprint density at radius 2 is 1.82 bits per heavy atom. The van der Waals surface area contributed by atoms with E-state index >= 15 is 0 Å². The molecule has 22 heavy (non-hydrogen) atoms. The fourth-order valence-electron chi connectivity index (χ4n) is 2.79. The Balaban J connectivity index is 1.60. The van der Waals surface area contributed by atoms with Gasteiger partial charge in [0.25, 0.3) is 0 Å². The second-order valence-electron chi connectivity index (χ2n) is 5.58. The van der Waals surface area contributed by atoms with Crippen molar-refractivity contribution in [3.63, 3.8) is 0 Å². The summed E-state index contributed by atoms with van der Waals surface area (Å²) in [4.78, 5) is 7.03. The van der Waals surface area contributed by atoms with E-state index in [-0.39, 0.29) is 0 Å². The molecular weight excluding hydrogens is 276 g/mol. The molecule has 0 saturated carbocycles. The lowest BCUT2D eigenvalue weighted by atomic mass is 10.2. The average molecular weight is 294 g/mol. The van der Waals surface area contributed by atoms with Crippen LogP contribution in [0.2, 0.25) is 0 Å². The number of ether oxygens (including phenoxy) is 1. The molecule has 1 aromatic heterocycles. The summed E-state index contributed by atoms with van der Waals surface area (Å²) >= 11 is 0. The van der Waals surface area contributed by atoms with Crippen molar-refractivity contribution < 1.29 is 9.15 Å². The van der Waals surface area contributed by atoms with Crippen molar-refractivity contribution in [3.8, 4) is 11.5 Å². The minimum absolute atomic E-state index is 0.680. The van der Waals surface area contributed by atoms with Crippen LogP contribution < -0.4 is 0 Å². The van der Waals surface area contributed by atoms with E-state index in [0.29, 0.717) is 5.89 Å². The molecule has 1 aliphatic rings. The molecule has 0 atom stereocenters. The lowest BCUT2D eigenvalue weighted by Gasteiger charge is -2.26. The Hall–Kier alpha value is -2.17. The van der Waals surface area contributed by atoms with E-state index in [1.54, 1.807) is 0 Å². The number of rotatable bonds is 3. The summed E-state index contributed by atoms with van der Waals surface area (Å²) in [5.74, 6) is 0.680. The van der Waals surface area contributed by atoms with Crippen LogP contribution in [0.25, 0.3) is 22.6 Å². The quantitative estimate of drug-likeness (QED) is 0.742. The molecule has 0 aliphatic carbocycles. The van der Waals surface area contributed by atoms with Crippen LogP contribution in [0.5, 0.6) is 0 Å². The topological polar surface area (TPSA) is 38.5 Å². The highest BCUT2D eigenvalue weighted by molar-refractivity contribution is 5.76. The fourth-order valence-corrected chi connectivity index (χ4v) is 2.79. The van der Waals surface area contributed by atoms with Crippen molar-refractivity contribution in [1.29, 1.82) is 0 Å². The van der Waals surface area contributed by atoms with Crippen LogP contribution in [0.15, 0.2) is 52.9 Å². The summed E-state index contributed by atoms with van der Waals surface area (Å²) in [5, 5.41) is 0. The molecule has 0 unspecified atom stereocenters. The van der Waals surface area contributed by atoms with Crippen LogP contribution in [-0.2, 0) is 11.3 Å². The smallest absolute Gasteiger partial charge is 0.227 e. The molecule has 2 heterocycles. The largest absolute Gasteiger partial charge is 0.436 e. The minimum atomic E-state index is 0.680. The highest BCUT2D eigenvalue weighted by atomic mass is 16.5.